The number of carbonyl (C=O) groups excluding carboxylic acids is 1. The largest absolute Gasteiger partial charge is 0.352 e. The van der Waals surface area contributed by atoms with Crippen LogP contribution in [0.3, 0.4) is 0 Å². The molecule has 38 heavy (non-hydrogen) atoms. The predicted octanol–water partition coefficient (Wildman–Crippen LogP) is 10.2. The van der Waals surface area contributed by atoms with Crippen LogP contribution in [0.25, 0.3) is 0 Å². The molecule has 0 bridgehead atoms. The Bertz CT molecular complexity index is 564. The van der Waals surface area contributed by atoms with Gasteiger partial charge in [0.05, 0.1) is 6.04 Å². The van der Waals surface area contributed by atoms with E-state index in [1.165, 1.54) is 154 Å². The Balaban J connectivity index is 1.54. The molecule has 1 amide bonds. The first-order valence-electron chi connectivity index (χ1n) is 17.7. The van der Waals surface area contributed by atoms with E-state index < -0.39 is 0 Å². The summed E-state index contributed by atoms with van der Waals surface area (Å²) in [6.07, 6.45) is 34.2. The van der Waals surface area contributed by atoms with Gasteiger partial charge in [-0.3, -0.25) is 9.69 Å². The van der Waals surface area contributed by atoms with Crippen molar-refractivity contribution in [1.82, 2.24) is 10.2 Å². The normalized spacial score (nSPS) is 22.1. The quantitative estimate of drug-likeness (QED) is 0.112. The Labute approximate surface area is 239 Å². The van der Waals surface area contributed by atoms with Crippen molar-refractivity contribution in [2.75, 3.05) is 13.1 Å². The number of likely N-dealkylation sites (N-methyl/N-ethyl adjacent to an activating group) is 1. The minimum absolute atomic E-state index is 0.129. The van der Waals surface area contributed by atoms with Gasteiger partial charge in [0.1, 0.15) is 0 Å². The molecule has 1 aliphatic carbocycles. The van der Waals surface area contributed by atoms with Crippen LogP contribution < -0.4 is 5.32 Å². The maximum absolute atomic E-state index is 13.1. The maximum atomic E-state index is 13.1. The Kier molecular flexibility index (Phi) is 19.6. The first-order chi connectivity index (χ1) is 18.7. The number of unbranched alkanes of at least 4 members (excludes halogenated alkanes) is 15. The third kappa shape index (κ3) is 15.3. The zero-order chi connectivity index (χ0) is 27.3. The van der Waals surface area contributed by atoms with Gasteiger partial charge in [0, 0.05) is 6.04 Å². The van der Waals surface area contributed by atoms with Gasteiger partial charge in [0.25, 0.3) is 0 Å². The molecule has 2 aliphatic rings. The van der Waals surface area contributed by atoms with Gasteiger partial charge in [-0.05, 0) is 57.0 Å². The van der Waals surface area contributed by atoms with E-state index in [2.05, 4.69) is 31.0 Å². The molecular weight excluding hydrogens is 464 g/mol. The van der Waals surface area contributed by atoms with Crippen molar-refractivity contribution in [2.45, 2.75) is 193 Å². The molecule has 0 aromatic rings. The van der Waals surface area contributed by atoms with Gasteiger partial charge < -0.3 is 5.32 Å². The van der Waals surface area contributed by atoms with Gasteiger partial charge >= 0.3 is 0 Å². The van der Waals surface area contributed by atoms with Gasteiger partial charge in [0.2, 0.25) is 5.91 Å². The molecule has 0 spiro atoms. The lowest BCUT2D eigenvalue weighted by Gasteiger charge is -2.26. The highest BCUT2D eigenvalue weighted by Crippen LogP contribution is 2.45. The second-order valence-electron chi connectivity index (χ2n) is 13.1. The molecule has 1 N–H and O–H groups in total. The van der Waals surface area contributed by atoms with E-state index in [-0.39, 0.29) is 6.04 Å². The van der Waals surface area contributed by atoms with E-state index in [1.807, 2.05) is 0 Å². The van der Waals surface area contributed by atoms with Gasteiger partial charge in [-0.2, -0.15) is 0 Å². The molecule has 1 heterocycles. The predicted molar refractivity (Wildman–Crippen MR) is 167 cm³/mol. The summed E-state index contributed by atoms with van der Waals surface area (Å²) in [5, 5.41) is 3.51. The standard InChI is InChI=1S/C35H68N2O/c1-4-7-9-11-13-17-21-26-33(36-35(38)34-28-23-29-37(34)6-3)27-22-18-14-16-20-25-32-30-31(32)24-19-15-12-10-8-5-2/h31-34H,4-30H2,1-3H3,(H,36,38)/t31-,32-,33-,34+/m1/s1. The minimum Gasteiger partial charge on any atom is -0.352 e. The van der Waals surface area contributed by atoms with Crippen LogP contribution in [0.1, 0.15) is 181 Å². The van der Waals surface area contributed by atoms with Crippen LogP contribution in [0.4, 0.5) is 0 Å². The number of hydrogen-bond donors (Lipinski definition) is 1. The molecule has 3 heteroatoms. The molecule has 0 radical (unpaired) electrons. The van der Waals surface area contributed by atoms with Crippen LogP contribution in [0.5, 0.6) is 0 Å². The molecule has 2 rings (SSSR count). The summed E-state index contributed by atoms with van der Waals surface area (Å²) in [7, 11) is 0. The van der Waals surface area contributed by atoms with Crippen LogP contribution in [0, 0.1) is 11.8 Å². The highest BCUT2D eigenvalue weighted by molar-refractivity contribution is 5.82. The highest BCUT2D eigenvalue weighted by Gasteiger charge is 2.35. The molecule has 1 saturated heterocycles. The number of rotatable bonds is 26. The number of hydrogen-bond acceptors (Lipinski definition) is 2. The average Bonchev–Trinajstić information content (AvgIpc) is 3.48. The monoisotopic (exact) mass is 533 g/mol. The molecule has 2 fully saturated rings. The number of amides is 1. The Morgan fingerprint density at radius 2 is 1.16 bits per heavy atom. The summed E-state index contributed by atoms with van der Waals surface area (Å²) >= 11 is 0. The number of nitrogens with zero attached hydrogens (tertiary/aromatic N) is 1. The van der Waals surface area contributed by atoms with Crippen molar-refractivity contribution >= 4 is 5.91 Å². The van der Waals surface area contributed by atoms with Crippen LogP contribution in [0.2, 0.25) is 0 Å². The van der Waals surface area contributed by atoms with E-state index in [1.54, 1.807) is 0 Å². The SMILES string of the molecule is CCCCCCCCC[C@H](CCCCCCC[C@@H]1C[C@H]1CCCCCCCC)NC(=O)[C@@H]1CCCN1CC. The van der Waals surface area contributed by atoms with E-state index in [4.69, 9.17) is 0 Å². The fraction of sp³-hybridized carbons (Fsp3) is 0.971. The average molecular weight is 533 g/mol. The molecular formula is C35H68N2O. The summed E-state index contributed by atoms with van der Waals surface area (Å²) in [5.74, 6) is 2.48. The number of carbonyl (C=O) groups is 1. The third-order valence-corrected chi connectivity index (χ3v) is 9.70. The van der Waals surface area contributed by atoms with Crippen LogP contribution in [-0.2, 0) is 4.79 Å². The van der Waals surface area contributed by atoms with E-state index >= 15 is 0 Å². The molecule has 0 aromatic heterocycles. The molecule has 3 nitrogen and oxygen atoms in total. The zero-order valence-corrected chi connectivity index (χ0v) is 26.3. The number of nitrogens with one attached hydrogen (secondary N) is 1. The van der Waals surface area contributed by atoms with Crippen molar-refractivity contribution < 1.29 is 4.79 Å². The van der Waals surface area contributed by atoms with Gasteiger partial charge in [0.15, 0.2) is 0 Å². The second-order valence-corrected chi connectivity index (χ2v) is 13.1. The molecule has 1 aliphatic heterocycles. The third-order valence-electron chi connectivity index (χ3n) is 9.70. The summed E-state index contributed by atoms with van der Waals surface area (Å²) in [6.45, 7) is 8.89. The van der Waals surface area contributed by atoms with Gasteiger partial charge in [-0.25, -0.2) is 0 Å². The lowest BCUT2D eigenvalue weighted by atomic mass is 9.99. The van der Waals surface area contributed by atoms with Crippen LogP contribution in [-0.4, -0.2) is 36.0 Å². The summed E-state index contributed by atoms with van der Waals surface area (Å²) in [6, 6.07) is 0.524. The molecule has 0 unspecified atom stereocenters. The summed E-state index contributed by atoms with van der Waals surface area (Å²) < 4.78 is 0. The van der Waals surface area contributed by atoms with E-state index in [0.717, 1.165) is 31.3 Å². The van der Waals surface area contributed by atoms with Crippen molar-refractivity contribution in [1.29, 1.82) is 0 Å². The molecule has 0 aromatic carbocycles. The Morgan fingerprint density at radius 1 is 0.684 bits per heavy atom. The van der Waals surface area contributed by atoms with Crippen molar-refractivity contribution in [3.63, 3.8) is 0 Å². The maximum Gasteiger partial charge on any atom is 0.237 e. The van der Waals surface area contributed by atoms with Gasteiger partial charge in [-0.15, -0.1) is 0 Å². The van der Waals surface area contributed by atoms with Crippen LogP contribution in [0.15, 0.2) is 0 Å². The first-order valence-corrected chi connectivity index (χ1v) is 17.7. The molecule has 224 valence electrons. The molecule has 1 saturated carbocycles. The van der Waals surface area contributed by atoms with Crippen molar-refractivity contribution in [2.24, 2.45) is 11.8 Å². The fourth-order valence-electron chi connectivity index (χ4n) is 6.97. The minimum atomic E-state index is 0.129. The zero-order valence-electron chi connectivity index (χ0n) is 26.3. The molecule has 4 atom stereocenters. The Morgan fingerprint density at radius 3 is 1.66 bits per heavy atom. The highest BCUT2D eigenvalue weighted by atomic mass is 16.2. The van der Waals surface area contributed by atoms with Crippen LogP contribution >= 0.6 is 0 Å². The van der Waals surface area contributed by atoms with E-state index in [9.17, 15) is 4.79 Å². The second kappa shape index (κ2) is 22.2. The first kappa shape index (κ1) is 33.6. The van der Waals surface area contributed by atoms with E-state index in [0.29, 0.717) is 11.9 Å². The lowest BCUT2D eigenvalue weighted by Crippen LogP contribution is -2.46. The lowest BCUT2D eigenvalue weighted by molar-refractivity contribution is -0.126. The smallest absolute Gasteiger partial charge is 0.237 e. The topological polar surface area (TPSA) is 32.3 Å². The fourth-order valence-corrected chi connectivity index (χ4v) is 6.97. The van der Waals surface area contributed by atoms with Crippen molar-refractivity contribution in [3.05, 3.63) is 0 Å². The van der Waals surface area contributed by atoms with Gasteiger partial charge in [-0.1, -0.05) is 149 Å². The Hall–Kier alpha value is -0.570. The summed E-state index contributed by atoms with van der Waals surface area (Å²) in [5.41, 5.74) is 0. The number of likely N-dealkylation sites (tertiary alicyclic amines) is 1. The van der Waals surface area contributed by atoms with Crippen molar-refractivity contribution in [3.8, 4) is 0 Å². The summed E-state index contributed by atoms with van der Waals surface area (Å²) in [4.78, 5) is 15.4.